The van der Waals surface area contributed by atoms with Gasteiger partial charge in [0.2, 0.25) is 0 Å². The first-order valence-corrected chi connectivity index (χ1v) is 23.6. The van der Waals surface area contributed by atoms with Gasteiger partial charge in [0.15, 0.2) is 11.0 Å². The molecule has 4 heterocycles. The summed E-state index contributed by atoms with van der Waals surface area (Å²) >= 11 is 0. The second-order valence-electron chi connectivity index (χ2n) is 14.6. The van der Waals surface area contributed by atoms with E-state index < -0.39 is 30.7 Å². The number of aryl methyl sites for hydroxylation is 4. The topological polar surface area (TPSA) is 379 Å². The predicted octanol–water partition coefficient (Wildman–Crippen LogP) is -9.16. The van der Waals surface area contributed by atoms with Crippen molar-refractivity contribution in [3.63, 3.8) is 0 Å². The zero-order chi connectivity index (χ0) is 49.7. The van der Waals surface area contributed by atoms with Gasteiger partial charge in [-0.1, -0.05) is 61.9 Å². The summed E-state index contributed by atoms with van der Waals surface area (Å²) in [4.78, 5) is 23.8. The van der Waals surface area contributed by atoms with Crippen molar-refractivity contribution in [2.75, 3.05) is 19.7 Å². The smallest absolute Gasteiger partial charge is 0.854 e. The molecule has 0 fully saturated rings. The number of hydrogen-bond acceptors (Lipinski definition) is 18. The number of fused-ring (bicyclic) bond motifs is 4. The van der Waals surface area contributed by atoms with Gasteiger partial charge in [-0.05, 0) is 48.5 Å². The fourth-order valence-corrected chi connectivity index (χ4v) is 6.94. The van der Waals surface area contributed by atoms with Crippen molar-refractivity contribution in [1.82, 2.24) is 43.4 Å². The normalized spacial score (nSPS) is 11.7. The number of nitrogens with zero attached hydrogens (tertiary/aromatic N) is 9. The molecule has 8 aromatic rings. The zero-order valence-electron chi connectivity index (χ0n) is 37.2. The van der Waals surface area contributed by atoms with Gasteiger partial charge in [0.25, 0.3) is 5.82 Å². The molecule has 0 saturated carbocycles. The third-order valence-corrected chi connectivity index (χ3v) is 9.99. The number of halogens is 3. The summed E-state index contributed by atoms with van der Waals surface area (Å²) in [6, 6.07) is 33.6. The van der Waals surface area contributed by atoms with Crippen LogP contribution in [0.25, 0.3) is 44.1 Å². The summed E-state index contributed by atoms with van der Waals surface area (Å²) in [6.07, 6.45) is 0.764. The molecule has 0 aliphatic heterocycles. The molecule has 0 aliphatic carbocycles. The minimum absolute atomic E-state index is 0. The Balaban J connectivity index is 0.000000523. The molecule has 68 heavy (non-hydrogen) atoms. The van der Waals surface area contributed by atoms with Gasteiger partial charge in [-0.3, -0.25) is 9.80 Å². The second kappa shape index (κ2) is 26.0. The number of para-hydroxylation sites is 8. The molecule has 367 valence electrons. The van der Waals surface area contributed by atoms with Crippen LogP contribution >= 0.6 is 0 Å². The minimum Gasteiger partial charge on any atom is -0.854 e. The molecule has 0 bridgehead atoms. The molecule has 8 rings (SSSR count). The first-order valence-electron chi connectivity index (χ1n) is 19.9. The number of aromatic amines is 1. The monoisotopic (exact) mass is 1050 g/mol. The molecule has 23 nitrogen and oxygen atoms in total. The maximum atomic E-state index is 9.30. The Kier molecular flexibility index (Phi) is 22.1. The van der Waals surface area contributed by atoms with Crippen LogP contribution < -0.4 is 65.6 Å². The van der Waals surface area contributed by atoms with E-state index in [1.807, 2.05) is 6.92 Å². The molecule has 4 aromatic carbocycles. The van der Waals surface area contributed by atoms with Crippen LogP contribution in [0.15, 0.2) is 97.1 Å². The molecule has 1 radical (unpaired) electrons. The van der Waals surface area contributed by atoms with E-state index in [2.05, 4.69) is 158 Å². The van der Waals surface area contributed by atoms with Crippen molar-refractivity contribution in [3.05, 3.63) is 120 Å². The Morgan fingerprint density at radius 3 is 1.12 bits per heavy atom. The average Bonchev–Trinajstić information content (AvgIpc) is 3.95. The molecule has 0 atom stereocenters. The molecule has 1 N–H and O–H groups in total. The van der Waals surface area contributed by atoms with E-state index in [0.29, 0.717) is 19.6 Å². The van der Waals surface area contributed by atoms with Gasteiger partial charge in [-0.2, -0.15) is 0 Å². The molecule has 27 heteroatoms. The number of rotatable bonds is 12. The Bertz CT molecular complexity index is 2410. The third-order valence-electron chi connectivity index (χ3n) is 9.99. The minimum atomic E-state index is -4.94. The Morgan fingerprint density at radius 1 is 0.515 bits per heavy atom. The van der Waals surface area contributed by atoms with Crippen molar-refractivity contribution in [2.45, 2.75) is 39.5 Å². The van der Waals surface area contributed by atoms with E-state index in [0.717, 1.165) is 88.0 Å². The quantitative estimate of drug-likeness (QED) is 0.0877. The van der Waals surface area contributed by atoms with E-state index in [-0.39, 0.29) is 23.7 Å². The van der Waals surface area contributed by atoms with Crippen LogP contribution in [0.4, 0.5) is 0 Å². The van der Waals surface area contributed by atoms with Crippen molar-refractivity contribution in [2.24, 2.45) is 28.2 Å². The average molecular weight is 1050 g/mol. The zero-order valence-corrected chi connectivity index (χ0v) is 40.6. The first-order chi connectivity index (χ1) is 31.3. The summed E-state index contributed by atoms with van der Waals surface area (Å²) in [5.41, 5.74) is 8.84. The predicted molar refractivity (Wildman–Crippen MR) is 205 cm³/mol. The fourth-order valence-electron chi connectivity index (χ4n) is 6.94. The van der Waals surface area contributed by atoms with Crippen molar-refractivity contribution in [1.29, 1.82) is 0 Å². The van der Waals surface area contributed by atoms with Crippen LogP contribution in [0, 0.1) is 30.7 Å². The number of H-pyrrole nitrogens is 1. The van der Waals surface area contributed by atoms with Gasteiger partial charge in [-0.25, -0.2) is 80.4 Å². The maximum Gasteiger partial charge on any atom is 5.00 e. The summed E-state index contributed by atoms with van der Waals surface area (Å²) in [5, 5.41) is 9.30. The fraction of sp³-hybridized carbons (Fsp3) is 0.317. The number of aromatic nitrogens is 8. The van der Waals surface area contributed by atoms with E-state index in [1.165, 1.54) is 5.52 Å². The van der Waals surface area contributed by atoms with Gasteiger partial charge in [0.05, 0.1) is 59.8 Å². The number of hydrogen-bond donors (Lipinski definition) is 1. The maximum absolute atomic E-state index is 9.30. The number of imidazole rings is 4. The Morgan fingerprint density at radius 2 is 0.809 bits per heavy atom. The standard InChI is InChI=1S/C38H40N10.C3H7O.3ClHO4.Fe/c1-43-31-17-9-5-13-27(31)39-35(43)23-47(24-36-40-28-14-6-10-18-32(28)44(36)2)21-22-48(25-37-41-29-15-7-11-19-33(29)45(37)3)26-38-42-30-16-8-12-20-34(30)46(38)4;1-2-3-4;3*2-1(3,4)5;/h5-20H,21-26H2,1-4H3;2-3H2,1H3;3*(H,2,3,4,5);/q;-1;;;;+5/p-2. The van der Waals surface area contributed by atoms with Gasteiger partial charge in [0, 0.05) is 34.2 Å². The van der Waals surface area contributed by atoms with Crippen molar-refractivity contribution < 1.29 is 113 Å². The van der Waals surface area contributed by atoms with E-state index >= 15 is 0 Å². The SMILES string of the molecule is CCC[O-].Cn1c(CN(CCN(Cc2nc3ccccc3n2C)Cc2[nH]c3ccccc3[n+]2C)Cc2nc3ccccc3n2C)nc2ccccc21.[Fe+5].[O-][Cl+3]([O-])([O-])[O-].[O-][Cl+3]([O-])([O-])[O-].[O-][Cl+3]([O-])([O-])[O-]. The van der Waals surface area contributed by atoms with Crippen molar-refractivity contribution in [3.8, 4) is 0 Å². The molecule has 0 saturated heterocycles. The molecule has 4 aromatic heterocycles. The van der Waals surface area contributed by atoms with Crippen LogP contribution in [-0.2, 0) is 71.4 Å². The summed E-state index contributed by atoms with van der Waals surface area (Å²) < 4.78 is 111. The van der Waals surface area contributed by atoms with Crippen molar-refractivity contribution >= 4 is 44.1 Å². The molecule has 0 aliphatic rings. The van der Waals surface area contributed by atoms with Gasteiger partial charge >= 0.3 is 17.1 Å². The van der Waals surface area contributed by atoms with Crippen LogP contribution in [0.1, 0.15) is 36.6 Å². The van der Waals surface area contributed by atoms with E-state index in [1.54, 1.807) is 0 Å². The Hall–Kier alpha value is -4.45. The third kappa shape index (κ3) is 18.8. The molecule has 0 spiro atoms. The van der Waals surface area contributed by atoms with Crippen LogP contribution in [0.5, 0.6) is 0 Å². The molecule has 0 amide bonds. The largest absolute Gasteiger partial charge is 5.00 e. The van der Waals surface area contributed by atoms with Crippen LogP contribution in [0.3, 0.4) is 0 Å². The van der Waals surface area contributed by atoms with E-state index in [4.69, 9.17) is 70.9 Å². The number of nitrogens with one attached hydrogen (secondary N) is 1. The second-order valence-corrected chi connectivity index (χ2v) is 16.9. The van der Waals surface area contributed by atoms with Crippen LogP contribution in [-0.4, -0.2) is 63.1 Å². The van der Waals surface area contributed by atoms with Gasteiger partial charge in [-0.15, -0.1) is 37.3 Å². The summed E-state index contributed by atoms with van der Waals surface area (Å²) in [5.74, 6) is 4.29. The first kappa shape index (κ1) is 57.9. The molecular formula is C41H48Cl3FeN10O13+2. The summed E-state index contributed by atoms with van der Waals surface area (Å²) in [7, 11) is -6.33. The van der Waals surface area contributed by atoms with E-state index in [9.17, 15) is 5.11 Å². The Labute approximate surface area is 406 Å². The molecule has 0 unspecified atom stereocenters. The van der Waals surface area contributed by atoms with Crippen LogP contribution in [0.2, 0.25) is 0 Å². The number of benzene rings is 4. The molecular weight excluding hydrogens is 1000 g/mol. The van der Waals surface area contributed by atoms with Gasteiger partial charge < -0.3 is 18.8 Å². The van der Waals surface area contributed by atoms with Gasteiger partial charge in [0.1, 0.15) is 24.0 Å². The summed E-state index contributed by atoms with van der Waals surface area (Å²) in [6.45, 7) is 6.46.